The summed E-state index contributed by atoms with van der Waals surface area (Å²) >= 11 is 0. The van der Waals surface area contributed by atoms with E-state index in [0.29, 0.717) is 11.2 Å². The summed E-state index contributed by atoms with van der Waals surface area (Å²) < 4.78 is 39.9. The molecule has 0 amide bonds. The Kier molecular flexibility index (Phi) is 2.29. The first kappa shape index (κ1) is 11.1. The highest BCUT2D eigenvalue weighted by Gasteiger charge is 2.11. The highest BCUT2D eigenvalue weighted by molar-refractivity contribution is 7.81. The third kappa shape index (κ3) is 1.92. The molecule has 0 aliphatic rings. The van der Waals surface area contributed by atoms with Crippen molar-refractivity contribution in [3.63, 3.8) is 0 Å². The van der Waals surface area contributed by atoms with Crippen LogP contribution < -0.4 is 4.18 Å². The van der Waals surface area contributed by atoms with Crippen molar-refractivity contribution < 1.29 is 21.6 Å². The monoisotopic (exact) mass is 264 g/mol. The third-order valence-electron chi connectivity index (χ3n) is 2.55. The zero-order valence-corrected chi connectivity index (χ0v) is 9.85. The normalized spacial score (nSPS) is 12.1. The summed E-state index contributed by atoms with van der Waals surface area (Å²) in [4.78, 5) is 0. The first-order valence-corrected chi connectivity index (χ1v) is 6.48. The maximum absolute atomic E-state index is 10.6. The molecule has 0 aliphatic carbocycles. The minimum absolute atomic E-state index is 0.0385. The van der Waals surface area contributed by atoms with Gasteiger partial charge in [-0.15, -0.1) is 0 Å². The van der Waals surface area contributed by atoms with Gasteiger partial charge >= 0.3 is 10.4 Å². The van der Waals surface area contributed by atoms with Crippen molar-refractivity contribution in [1.29, 1.82) is 0 Å². The molecule has 3 aromatic rings. The van der Waals surface area contributed by atoms with Crippen LogP contribution in [0.25, 0.3) is 21.9 Å². The molecule has 0 bridgehead atoms. The lowest BCUT2D eigenvalue weighted by Crippen LogP contribution is -2.06. The maximum Gasteiger partial charge on any atom is 0.446 e. The van der Waals surface area contributed by atoms with Crippen molar-refractivity contribution in [2.75, 3.05) is 0 Å². The summed E-state index contributed by atoms with van der Waals surface area (Å²) in [6.07, 6.45) is 0. The van der Waals surface area contributed by atoms with E-state index in [4.69, 9.17) is 8.97 Å². The van der Waals surface area contributed by atoms with Gasteiger partial charge in [0.05, 0.1) is 0 Å². The molecule has 2 aromatic carbocycles. The van der Waals surface area contributed by atoms with E-state index in [1.54, 1.807) is 6.07 Å². The predicted molar refractivity (Wildman–Crippen MR) is 65.9 cm³/mol. The lowest BCUT2D eigenvalue weighted by atomic mass is 10.1. The Bertz CT molecular complexity index is 832. The lowest BCUT2D eigenvalue weighted by Gasteiger charge is -2.00. The molecule has 0 atom stereocenters. The fourth-order valence-electron chi connectivity index (χ4n) is 1.88. The molecule has 1 aromatic heterocycles. The minimum atomic E-state index is -4.51. The van der Waals surface area contributed by atoms with Crippen LogP contribution >= 0.6 is 0 Å². The highest BCUT2D eigenvalue weighted by Crippen LogP contribution is 2.31. The first-order chi connectivity index (χ1) is 8.53. The fraction of sp³-hybridized carbons (Fsp3) is 0. The van der Waals surface area contributed by atoms with Crippen molar-refractivity contribution >= 4 is 32.3 Å². The van der Waals surface area contributed by atoms with Crippen molar-refractivity contribution in [3.05, 3.63) is 42.5 Å². The number of fused-ring (bicyclic) bond motifs is 3. The van der Waals surface area contributed by atoms with Gasteiger partial charge in [-0.1, -0.05) is 18.2 Å². The van der Waals surface area contributed by atoms with Gasteiger partial charge in [-0.2, -0.15) is 8.42 Å². The van der Waals surface area contributed by atoms with Crippen LogP contribution in [0.3, 0.4) is 0 Å². The SMILES string of the molecule is O=S(=O)(O)Oc1ccc2oc3ccccc3c2c1. The molecule has 0 fully saturated rings. The molecule has 0 unspecified atom stereocenters. The van der Waals surface area contributed by atoms with Gasteiger partial charge in [0.25, 0.3) is 0 Å². The van der Waals surface area contributed by atoms with Crippen LogP contribution in [0, 0.1) is 0 Å². The average Bonchev–Trinajstić information content (AvgIpc) is 2.65. The van der Waals surface area contributed by atoms with Crippen molar-refractivity contribution in [2.45, 2.75) is 0 Å². The van der Waals surface area contributed by atoms with Gasteiger partial charge in [-0.3, -0.25) is 4.55 Å². The molecule has 1 heterocycles. The summed E-state index contributed by atoms with van der Waals surface area (Å²) in [5.74, 6) is 0.0385. The summed E-state index contributed by atoms with van der Waals surface area (Å²) in [5.41, 5.74) is 1.33. The second-order valence-electron chi connectivity index (χ2n) is 3.77. The molecule has 18 heavy (non-hydrogen) atoms. The van der Waals surface area contributed by atoms with Gasteiger partial charge < -0.3 is 8.60 Å². The van der Waals surface area contributed by atoms with Gasteiger partial charge in [0.1, 0.15) is 16.9 Å². The van der Waals surface area contributed by atoms with Crippen LogP contribution in [-0.4, -0.2) is 13.0 Å². The number of hydrogen-bond acceptors (Lipinski definition) is 4. The quantitative estimate of drug-likeness (QED) is 0.720. The molecule has 0 radical (unpaired) electrons. The molecule has 1 N–H and O–H groups in total. The number of rotatable bonds is 2. The van der Waals surface area contributed by atoms with E-state index in [1.807, 2.05) is 24.3 Å². The molecular formula is C12H8O5S. The predicted octanol–water partition coefficient (Wildman–Crippen LogP) is 2.77. The number of hydrogen-bond donors (Lipinski definition) is 1. The highest BCUT2D eigenvalue weighted by atomic mass is 32.3. The molecule has 0 aliphatic heterocycles. The molecule has 0 spiro atoms. The summed E-state index contributed by atoms with van der Waals surface area (Å²) in [7, 11) is -4.51. The van der Waals surface area contributed by atoms with Gasteiger partial charge in [0, 0.05) is 10.8 Å². The second-order valence-corrected chi connectivity index (χ2v) is 4.79. The molecule has 5 nitrogen and oxygen atoms in total. The standard InChI is InChI=1S/C12H8O5S/c13-18(14,15)17-8-5-6-12-10(7-8)9-3-1-2-4-11(9)16-12/h1-7H,(H,13,14,15). The van der Waals surface area contributed by atoms with E-state index in [0.717, 1.165) is 10.8 Å². The van der Waals surface area contributed by atoms with E-state index < -0.39 is 10.4 Å². The van der Waals surface area contributed by atoms with Crippen LogP contribution in [0.2, 0.25) is 0 Å². The molecule has 3 rings (SSSR count). The van der Waals surface area contributed by atoms with Crippen molar-refractivity contribution in [1.82, 2.24) is 0 Å². The Morgan fingerprint density at radius 2 is 1.72 bits per heavy atom. The molecular weight excluding hydrogens is 256 g/mol. The van der Waals surface area contributed by atoms with Gasteiger partial charge in [0.2, 0.25) is 0 Å². The number of benzene rings is 2. The van der Waals surface area contributed by atoms with E-state index in [1.165, 1.54) is 12.1 Å². The Morgan fingerprint density at radius 3 is 2.50 bits per heavy atom. The van der Waals surface area contributed by atoms with Gasteiger partial charge in [-0.25, -0.2) is 0 Å². The van der Waals surface area contributed by atoms with Crippen LogP contribution in [0.15, 0.2) is 46.9 Å². The maximum atomic E-state index is 10.6. The van der Waals surface area contributed by atoms with E-state index in [9.17, 15) is 8.42 Å². The van der Waals surface area contributed by atoms with Crippen LogP contribution in [-0.2, 0) is 10.4 Å². The Labute approximate surface area is 103 Å². The van der Waals surface area contributed by atoms with Crippen LogP contribution in [0.5, 0.6) is 5.75 Å². The van der Waals surface area contributed by atoms with Gasteiger partial charge in [0.15, 0.2) is 0 Å². The van der Waals surface area contributed by atoms with Crippen molar-refractivity contribution in [2.24, 2.45) is 0 Å². The summed E-state index contributed by atoms with van der Waals surface area (Å²) in [5, 5.41) is 1.58. The van der Waals surface area contributed by atoms with Crippen LogP contribution in [0.4, 0.5) is 0 Å². The molecule has 6 heteroatoms. The molecule has 0 saturated heterocycles. The number of furan rings is 1. The number of para-hydroxylation sites is 1. The second kappa shape index (κ2) is 3.72. The van der Waals surface area contributed by atoms with Gasteiger partial charge in [-0.05, 0) is 24.3 Å². The van der Waals surface area contributed by atoms with E-state index in [2.05, 4.69) is 4.18 Å². The topological polar surface area (TPSA) is 76.7 Å². The zero-order chi connectivity index (χ0) is 12.8. The smallest absolute Gasteiger partial charge is 0.446 e. The van der Waals surface area contributed by atoms with Crippen molar-refractivity contribution in [3.8, 4) is 5.75 Å². The summed E-state index contributed by atoms with van der Waals surface area (Å²) in [6.45, 7) is 0. The zero-order valence-electron chi connectivity index (χ0n) is 9.03. The molecule has 0 saturated carbocycles. The Morgan fingerprint density at radius 1 is 1.00 bits per heavy atom. The minimum Gasteiger partial charge on any atom is -0.456 e. The van der Waals surface area contributed by atoms with E-state index in [-0.39, 0.29) is 5.75 Å². The third-order valence-corrected chi connectivity index (χ3v) is 2.95. The fourth-order valence-corrected chi connectivity index (χ4v) is 2.23. The van der Waals surface area contributed by atoms with E-state index >= 15 is 0 Å². The largest absolute Gasteiger partial charge is 0.456 e. The summed E-state index contributed by atoms with van der Waals surface area (Å²) in [6, 6.07) is 11.9. The molecule has 92 valence electrons. The lowest BCUT2D eigenvalue weighted by molar-refractivity contribution is 0.387. The first-order valence-electron chi connectivity index (χ1n) is 5.11. The van der Waals surface area contributed by atoms with Crippen LogP contribution in [0.1, 0.15) is 0 Å². The average molecular weight is 264 g/mol. The Balaban J connectivity index is 2.24. The Hall–Kier alpha value is -2.05.